The lowest BCUT2D eigenvalue weighted by Crippen LogP contribution is -2.28. The van der Waals surface area contributed by atoms with E-state index in [2.05, 4.69) is 5.32 Å². The van der Waals surface area contributed by atoms with Gasteiger partial charge in [-0.15, -0.1) is 0 Å². The minimum atomic E-state index is -0.847. The number of halogens is 1. The van der Waals surface area contributed by atoms with Gasteiger partial charge in [-0.25, -0.2) is 4.39 Å². The zero-order valence-corrected chi connectivity index (χ0v) is 10.9. The van der Waals surface area contributed by atoms with Crippen molar-refractivity contribution in [1.29, 1.82) is 0 Å². The second-order valence-electron chi connectivity index (χ2n) is 4.46. The van der Waals surface area contributed by atoms with Gasteiger partial charge in [0.1, 0.15) is 17.7 Å². The van der Waals surface area contributed by atoms with Gasteiger partial charge in [-0.2, -0.15) is 0 Å². The van der Waals surface area contributed by atoms with Crippen LogP contribution in [0.25, 0.3) is 0 Å². The van der Waals surface area contributed by atoms with Crippen molar-refractivity contribution >= 4 is 5.91 Å². The molecule has 0 fully saturated rings. The van der Waals surface area contributed by atoms with Crippen molar-refractivity contribution in [2.24, 2.45) is 0 Å². The molecule has 1 aromatic carbocycles. The Kier molecular flexibility index (Phi) is 4.90. The number of carbonyl (C=O) groups excluding carboxylic acids is 1. The number of aryl methyl sites for hydroxylation is 1. The van der Waals surface area contributed by atoms with Crippen LogP contribution in [0.3, 0.4) is 0 Å². The van der Waals surface area contributed by atoms with Crippen molar-refractivity contribution in [2.45, 2.75) is 18.9 Å². The van der Waals surface area contributed by atoms with E-state index in [9.17, 15) is 14.3 Å². The van der Waals surface area contributed by atoms with Crippen LogP contribution >= 0.6 is 0 Å². The first-order valence-electron chi connectivity index (χ1n) is 6.38. The van der Waals surface area contributed by atoms with Crippen LogP contribution < -0.4 is 5.32 Å². The molecule has 1 unspecified atom stereocenters. The third kappa shape index (κ3) is 4.20. The Bertz CT molecular complexity index is 537. The highest BCUT2D eigenvalue weighted by atomic mass is 19.1. The van der Waals surface area contributed by atoms with Crippen LogP contribution in [0.4, 0.5) is 4.39 Å². The molecule has 1 atom stereocenters. The van der Waals surface area contributed by atoms with E-state index in [0.717, 1.165) is 5.56 Å². The zero-order valence-electron chi connectivity index (χ0n) is 10.9. The summed E-state index contributed by atoms with van der Waals surface area (Å²) in [7, 11) is 0. The number of benzene rings is 1. The maximum absolute atomic E-state index is 12.7. The van der Waals surface area contributed by atoms with Gasteiger partial charge in [0.15, 0.2) is 0 Å². The predicted octanol–water partition coefficient (Wildman–Crippen LogP) is 2.20. The van der Waals surface area contributed by atoms with Crippen molar-refractivity contribution in [3.8, 4) is 0 Å². The fourth-order valence-corrected chi connectivity index (χ4v) is 1.79. The topological polar surface area (TPSA) is 62.5 Å². The Hall–Kier alpha value is -2.14. The highest BCUT2D eigenvalue weighted by Gasteiger charge is 2.11. The minimum Gasteiger partial charge on any atom is -0.467 e. The molecule has 0 saturated carbocycles. The Balaban J connectivity index is 1.71. The van der Waals surface area contributed by atoms with E-state index in [1.165, 1.54) is 18.4 Å². The summed E-state index contributed by atoms with van der Waals surface area (Å²) in [6.45, 7) is 0.107. The quantitative estimate of drug-likeness (QED) is 0.851. The molecule has 2 aromatic rings. The maximum atomic E-state index is 12.7. The van der Waals surface area contributed by atoms with E-state index in [-0.39, 0.29) is 24.7 Å². The van der Waals surface area contributed by atoms with Crippen molar-refractivity contribution in [2.75, 3.05) is 6.54 Å². The first-order chi connectivity index (χ1) is 9.65. The van der Waals surface area contributed by atoms with Gasteiger partial charge in [0.05, 0.1) is 12.8 Å². The van der Waals surface area contributed by atoms with Crippen LogP contribution in [0.1, 0.15) is 23.8 Å². The van der Waals surface area contributed by atoms with Gasteiger partial charge in [-0.3, -0.25) is 4.79 Å². The van der Waals surface area contributed by atoms with Crippen molar-refractivity contribution < 1.29 is 18.7 Å². The van der Waals surface area contributed by atoms with Gasteiger partial charge in [-0.1, -0.05) is 12.1 Å². The van der Waals surface area contributed by atoms with E-state index in [4.69, 9.17) is 4.42 Å². The molecule has 1 heterocycles. The summed E-state index contributed by atoms with van der Waals surface area (Å²) < 4.78 is 17.7. The van der Waals surface area contributed by atoms with Crippen LogP contribution in [0.15, 0.2) is 47.1 Å². The lowest BCUT2D eigenvalue weighted by Gasteiger charge is -2.09. The number of aliphatic hydroxyl groups excluding tert-OH is 1. The van der Waals surface area contributed by atoms with Crippen LogP contribution in [0.2, 0.25) is 0 Å². The number of aliphatic hydroxyl groups is 1. The van der Waals surface area contributed by atoms with Crippen LogP contribution in [0.5, 0.6) is 0 Å². The molecule has 20 heavy (non-hydrogen) atoms. The molecule has 0 aliphatic rings. The summed E-state index contributed by atoms with van der Waals surface area (Å²) in [6, 6.07) is 9.37. The molecule has 0 aliphatic carbocycles. The summed E-state index contributed by atoms with van der Waals surface area (Å²) >= 11 is 0. The highest BCUT2D eigenvalue weighted by Crippen LogP contribution is 2.11. The third-order valence-electron chi connectivity index (χ3n) is 2.92. The lowest BCUT2D eigenvalue weighted by atomic mass is 10.1. The minimum absolute atomic E-state index is 0.107. The lowest BCUT2D eigenvalue weighted by molar-refractivity contribution is -0.121. The van der Waals surface area contributed by atoms with Crippen molar-refractivity contribution in [1.82, 2.24) is 5.32 Å². The summed E-state index contributed by atoms with van der Waals surface area (Å²) in [5.41, 5.74) is 0.896. The van der Waals surface area contributed by atoms with Crippen LogP contribution in [0, 0.1) is 5.82 Å². The summed E-state index contributed by atoms with van der Waals surface area (Å²) in [6.07, 6.45) is 1.44. The van der Waals surface area contributed by atoms with E-state index in [1.54, 1.807) is 24.3 Å². The second kappa shape index (κ2) is 6.86. The number of nitrogens with one attached hydrogen (secondary N) is 1. The predicted molar refractivity (Wildman–Crippen MR) is 71.4 cm³/mol. The molecule has 0 aliphatic heterocycles. The molecule has 0 saturated heterocycles. The molecule has 0 radical (unpaired) electrons. The third-order valence-corrected chi connectivity index (χ3v) is 2.92. The molecule has 106 valence electrons. The molecule has 2 N–H and O–H groups in total. The van der Waals surface area contributed by atoms with Crippen molar-refractivity contribution in [3.63, 3.8) is 0 Å². The van der Waals surface area contributed by atoms with E-state index in [0.29, 0.717) is 12.2 Å². The molecular formula is C15H16FNO3. The largest absolute Gasteiger partial charge is 0.467 e. The number of rotatable bonds is 6. The SMILES string of the molecule is O=C(CCc1ccc(F)cc1)NCC(O)c1ccco1. The van der Waals surface area contributed by atoms with E-state index in [1.807, 2.05) is 0 Å². The molecular weight excluding hydrogens is 261 g/mol. The van der Waals surface area contributed by atoms with Crippen LogP contribution in [-0.2, 0) is 11.2 Å². The smallest absolute Gasteiger partial charge is 0.220 e. The average Bonchev–Trinajstić information content (AvgIpc) is 2.98. The van der Waals surface area contributed by atoms with E-state index < -0.39 is 6.10 Å². The van der Waals surface area contributed by atoms with Crippen LogP contribution in [-0.4, -0.2) is 17.6 Å². The number of furan rings is 1. The Morgan fingerprint density at radius 3 is 2.70 bits per heavy atom. The van der Waals surface area contributed by atoms with Gasteiger partial charge in [0, 0.05) is 6.42 Å². The molecule has 1 aromatic heterocycles. The summed E-state index contributed by atoms with van der Waals surface area (Å²) in [5.74, 6) is -0.0384. The molecule has 1 amide bonds. The van der Waals surface area contributed by atoms with Gasteiger partial charge in [-0.05, 0) is 36.2 Å². The molecule has 0 bridgehead atoms. The maximum Gasteiger partial charge on any atom is 0.220 e. The first kappa shape index (κ1) is 14.3. The number of hydrogen-bond donors (Lipinski definition) is 2. The van der Waals surface area contributed by atoms with Gasteiger partial charge >= 0.3 is 0 Å². The number of hydrogen-bond acceptors (Lipinski definition) is 3. The standard InChI is InChI=1S/C15H16FNO3/c16-12-6-3-11(4-7-12)5-8-15(19)17-10-13(18)14-2-1-9-20-14/h1-4,6-7,9,13,18H,5,8,10H2,(H,17,19). The zero-order chi connectivity index (χ0) is 14.4. The fraction of sp³-hybridized carbons (Fsp3) is 0.267. The Morgan fingerprint density at radius 1 is 1.30 bits per heavy atom. The number of carbonyl (C=O) groups is 1. The Labute approximate surface area is 116 Å². The fourth-order valence-electron chi connectivity index (χ4n) is 1.79. The number of amides is 1. The normalized spacial score (nSPS) is 12.1. The summed E-state index contributed by atoms with van der Waals surface area (Å²) in [5, 5.41) is 12.4. The highest BCUT2D eigenvalue weighted by molar-refractivity contribution is 5.76. The molecule has 5 heteroatoms. The first-order valence-corrected chi connectivity index (χ1v) is 6.38. The second-order valence-corrected chi connectivity index (χ2v) is 4.46. The molecule has 0 spiro atoms. The molecule has 4 nitrogen and oxygen atoms in total. The summed E-state index contributed by atoms with van der Waals surface area (Å²) in [4.78, 5) is 11.6. The van der Waals surface area contributed by atoms with Gasteiger partial charge in [0.2, 0.25) is 5.91 Å². The molecule has 2 rings (SSSR count). The van der Waals surface area contributed by atoms with Gasteiger partial charge < -0.3 is 14.8 Å². The van der Waals surface area contributed by atoms with Crippen molar-refractivity contribution in [3.05, 3.63) is 59.8 Å². The van der Waals surface area contributed by atoms with E-state index >= 15 is 0 Å². The van der Waals surface area contributed by atoms with Gasteiger partial charge in [0.25, 0.3) is 0 Å². The monoisotopic (exact) mass is 277 g/mol. The Morgan fingerprint density at radius 2 is 2.05 bits per heavy atom. The average molecular weight is 277 g/mol.